The Bertz CT molecular complexity index is 1810. The Balaban J connectivity index is 0.000000125. The molecule has 1 saturated carbocycles. The molecule has 3 aliphatic carbocycles. The zero-order valence-electron chi connectivity index (χ0n) is 35.5. The van der Waals surface area contributed by atoms with Gasteiger partial charge in [0.05, 0.1) is 0 Å². The third-order valence-corrected chi connectivity index (χ3v) is 15.6. The van der Waals surface area contributed by atoms with Crippen molar-refractivity contribution in [2.45, 2.75) is 147 Å². The normalized spacial score (nSPS) is 30.4. The Morgan fingerprint density at radius 1 is 0.519 bits per heavy atom. The summed E-state index contributed by atoms with van der Waals surface area (Å²) in [7, 11) is 6.85. The van der Waals surface area contributed by atoms with Gasteiger partial charge in [-0.25, -0.2) is 0 Å². The Hall–Kier alpha value is -3.14. The number of rotatable bonds is 3. The molecule has 3 heterocycles. The maximum Gasteiger partial charge on any atom is 0.0365 e. The van der Waals surface area contributed by atoms with Crippen molar-refractivity contribution in [2.75, 3.05) is 40.8 Å². The molecule has 0 aromatic heterocycles. The Morgan fingerprint density at radius 2 is 1.13 bits per heavy atom. The summed E-state index contributed by atoms with van der Waals surface area (Å²) in [6.45, 7) is 17.1. The van der Waals surface area contributed by atoms with Crippen LogP contribution in [-0.4, -0.2) is 67.6 Å². The van der Waals surface area contributed by atoms with Gasteiger partial charge < -0.3 is 14.7 Å². The van der Waals surface area contributed by atoms with Crippen LogP contribution in [0.25, 0.3) is 0 Å². The summed E-state index contributed by atoms with van der Waals surface area (Å²) < 4.78 is 0. The van der Waals surface area contributed by atoms with Crippen molar-refractivity contribution in [3.8, 4) is 0 Å². The smallest absolute Gasteiger partial charge is 0.0365 e. The van der Waals surface area contributed by atoms with E-state index in [-0.39, 0.29) is 5.41 Å². The lowest BCUT2D eigenvalue weighted by atomic mass is 9.66. The van der Waals surface area contributed by atoms with Gasteiger partial charge in [0, 0.05) is 47.6 Å². The van der Waals surface area contributed by atoms with Gasteiger partial charge in [-0.1, -0.05) is 85.7 Å². The van der Waals surface area contributed by atoms with Crippen LogP contribution >= 0.6 is 0 Å². The standard InChI is InChI=1S/C17H25N.2C17H23N/c3*1-13-7-8-15(12-14(13)2)17-9-5-4-6-16(17)18(3)11-10-17/h7-8,12,16H,4-6,9-11H2,1-3H3;6-8,12H,4-5,9-11H2,1-3H3;5,7-9,12,16H,4,6,10-11H2,1-3H3. The van der Waals surface area contributed by atoms with E-state index in [9.17, 15) is 0 Å². The molecule has 9 rings (SSSR count). The molecule has 3 heteroatoms. The molecule has 0 radical (unpaired) electrons. The SMILES string of the molecule is Cc1ccc(C23C=CCCC2N(C)CC3)cc1C.Cc1ccc(C23CCCC=C2N(C)CC3)cc1C.Cc1ccc(C23CCCCC2N(C)CC3)cc1C. The Labute approximate surface area is 329 Å². The fourth-order valence-corrected chi connectivity index (χ4v) is 11.7. The molecule has 0 amide bonds. The van der Waals surface area contributed by atoms with Crippen LogP contribution in [0, 0.1) is 41.5 Å². The molecular weight excluding hydrogens is 655 g/mol. The molecule has 6 aliphatic rings. The quantitative estimate of drug-likeness (QED) is 0.249. The first kappa shape index (κ1) is 39.1. The van der Waals surface area contributed by atoms with Gasteiger partial charge >= 0.3 is 0 Å². The number of hydrogen-bond acceptors (Lipinski definition) is 3. The first-order valence-corrected chi connectivity index (χ1v) is 21.6. The van der Waals surface area contributed by atoms with E-state index < -0.39 is 0 Å². The number of allylic oxidation sites excluding steroid dienone is 3. The maximum atomic E-state index is 2.61. The fraction of sp³-hybridized carbons (Fsp3) is 0.569. The van der Waals surface area contributed by atoms with Crippen LogP contribution in [0.2, 0.25) is 0 Å². The maximum absolute atomic E-state index is 2.61. The van der Waals surface area contributed by atoms with Crippen molar-refractivity contribution in [1.29, 1.82) is 0 Å². The summed E-state index contributed by atoms with van der Waals surface area (Å²) in [6, 6.07) is 22.8. The minimum absolute atomic E-state index is 0.283. The predicted molar refractivity (Wildman–Crippen MR) is 231 cm³/mol. The topological polar surface area (TPSA) is 9.72 Å². The Morgan fingerprint density at radius 3 is 1.83 bits per heavy atom. The van der Waals surface area contributed by atoms with E-state index in [4.69, 9.17) is 0 Å². The van der Waals surface area contributed by atoms with E-state index in [1.807, 2.05) is 0 Å². The second kappa shape index (κ2) is 15.8. The molecule has 3 saturated heterocycles. The van der Waals surface area contributed by atoms with Crippen molar-refractivity contribution < 1.29 is 0 Å². The molecular formula is C51H71N3. The van der Waals surface area contributed by atoms with E-state index in [0.717, 1.165) is 6.04 Å². The first-order valence-electron chi connectivity index (χ1n) is 21.6. The average molecular weight is 726 g/mol. The molecule has 5 atom stereocenters. The molecule has 0 N–H and O–H groups in total. The number of hydrogen-bond donors (Lipinski definition) is 0. The monoisotopic (exact) mass is 726 g/mol. The highest BCUT2D eigenvalue weighted by atomic mass is 15.2. The highest BCUT2D eigenvalue weighted by Crippen LogP contribution is 2.50. The van der Waals surface area contributed by atoms with Crippen molar-refractivity contribution in [3.63, 3.8) is 0 Å². The highest BCUT2D eigenvalue weighted by Gasteiger charge is 2.49. The third kappa shape index (κ3) is 7.07. The summed E-state index contributed by atoms with van der Waals surface area (Å²) in [6.07, 6.45) is 23.4. The van der Waals surface area contributed by atoms with Crippen LogP contribution in [0.4, 0.5) is 0 Å². The van der Waals surface area contributed by atoms with Gasteiger partial charge in [0.1, 0.15) is 0 Å². The second-order valence-corrected chi connectivity index (χ2v) is 18.5. The zero-order chi connectivity index (χ0) is 38.3. The van der Waals surface area contributed by atoms with E-state index in [2.05, 4.69) is 150 Å². The van der Waals surface area contributed by atoms with Gasteiger partial charge in [-0.15, -0.1) is 0 Å². The molecule has 0 spiro atoms. The highest BCUT2D eigenvalue weighted by molar-refractivity contribution is 5.44. The van der Waals surface area contributed by atoms with Crippen LogP contribution in [-0.2, 0) is 16.2 Å². The van der Waals surface area contributed by atoms with Crippen LogP contribution in [0.1, 0.15) is 127 Å². The molecule has 3 nitrogen and oxygen atoms in total. The molecule has 4 fully saturated rings. The van der Waals surface area contributed by atoms with Crippen LogP contribution in [0.3, 0.4) is 0 Å². The number of aryl methyl sites for hydroxylation is 6. The lowest BCUT2D eigenvalue weighted by molar-refractivity contribution is 0.182. The molecule has 290 valence electrons. The van der Waals surface area contributed by atoms with Gasteiger partial charge in [0.25, 0.3) is 0 Å². The summed E-state index contributed by atoms with van der Waals surface area (Å²) in [4.78, 5) is 7.63. The largest absolute Gasteiger partial charge is 0.377 e. The molecule has 54 heavy (non-hydrogen) atoms. The summed E-state index contributed by atoms with van der Waals surface area (Å²) >= 11 is 0. The van der Waals surface area contributed by atoms with Gasteiger partial charge in [-0.3, -0.25) is 0 Å². The molecule has 3 aromatic rings. The molecule has 0 bridgehead atoms. The van der Waals surface area contributed by atoms with E-state index in [1.165, 1.54) is 136 Å². The van der Waals surface area contributed by atoms with E-state index >= 15 is 0 Å². The zero-order valence-corrected chi connectivity index (χ0v) is 35.5. The van der Waals surface area contributed by atoms with Crippen molar-refractivity contribution in [1.82, 2.24) is 14.7 Å². The lowest BCUT2D eigenvalue weighted by Gasteiger charge is -2.42. The van der Waals surface area contributed by atoms with Gasteiger partial charge in [-0.2, -0.15) is 0 Å². The minimum atomic E-state index is 0.283. The van der Waals surface area contributed by atoms with Gasteiger partial charge in [-0.05, 0) is 183 Å². The number of nitrogens with zero attached hydrogens (tertiary/aromatic N) is 3. The lowest BCUT2D eigenvalue weighted by Crippen LogP contribution is -2.43. The fourth-order valence-electron chi connectivity index (χ4n) is 11.7. The predicted octanol–water partition coefficient (Wildman–Crippen LogP) is 11.4. The minimum Gasteiger partial charge on any atom is -0.377 e. The molecule has 3 aliphatic heterocycles. The van der Waals surface area contributed by atoms with Crippen LogP contribution in [0.15, 0.2) is 78.5 Å². The molecule has 5 unspecified atom stereocenters. The Kier molecular flexibility index (Phi) is 11.4. The van der Waals surface area contributed by atoms with Gasteiger partial charge in [0.15, 0.2) is 0 Å². The first-order chi connectivity index (χ1) is 25.9. The summed E-state index contributed by atoms with van der Waals surface area (Å²) in [5, 5.41) is 0. The third-order valence-electron chi connectivity index (χ3n) is 15.6. The summed E-state index contributed by atoms with van der Waals surface area (Å²) in [5.41, 5.74) is 15.9. The number of likely N-dealkylation sites (N-methyl/N-ethyl adjacent to an activating group) is 3. The van der Waals surface area contributed by atoms with E-state index in [0.29, 0.717) is 16.9 Å². The van der Waals surface area contributed by atoms with E-state index in [1.54, 1.807) is 16.8 Å². The van der Waals surface area contributed by atoms with Gasteiger partial charge in [0.2, 0.25) is 0 Å². The van der Waals surface area contributed by atoms with Crippen molar-refractivity contribution >= 4 is 0 Å². The van der Waals surface area contributed by atoms with Crippen molar-refractivity contribution in [3.05, 3.63) is 129 Å². The van der Waals surface area contributed by atoms with Crippen LogP contribution in [0.5, 0.6) is 0 Å². The summed E-state index contributed by atoms with van der Waals surface area (Å²) in [5.74, 6) is 0. The second-order valence-electron chi connectivity index (χ2n) is 18.5. The number of fused-ring (bicyclic) bond motifs is 3. The average Bonchev–Trinajstić information content (AvgIpc) is 3.84. The van der Waals surface area contributed by atoms with Crippen LogP contribution < -0.4 is 0 Å². The number of benzene rings is 3. The number of likely N-dealkylation sites (tertiary alicyclic amines) is 3. The van der Waals surface area contributed by atoms with Crippen molar-refractivity contribution in [2.24, 2.45) is 0 Å². The molecule has 3 aromatic carbocycles.